The van der Waals surface area contributed by atoms with Gasteiger partial charge in [-0.3, -0.25) is 4.57 Å². The fourth-order valence-electron chi connectivity index (χ4n) is 5.12. The molecule has 3 aromatic carbocycles. The molecule has 1 aromatic heterocycles. The Balaban J connectivity index is 1.20. The van der Waals surface area contributed by atoms with Crippen molar-refractivity contribution in [1.82, 2.24) is 14.9 Å². The van der Waals surface area contributed by atoms with Crippen molar-refractivity contribution in [3.8, 4) is 0 Å². The van der Waals surface area contributed by atoms with Crippen LogP contribution in [-0.4, -0.2) is 21.6 Å². The molecule has 0 bridgehead atoms. The van der Waals surface area contributed by atoms with Crippen molar-refractivity contribution in [1.29, 1.82) is 0 Å². The highest BCUT2D eigenvalue weighted by Crippen LogP contribution is 2.30. The van der Waals surface area contributed by atoms with Crippen molar-refractivity contribution in [2.75, 3.05) is 0 Å². The molecule has 0 radical (unpaired) electrons. The number of hydrogen-bond donors (Lipinski definition) is 2. The van der Waals surface area contributed by atoms with Crippen LogP contribution in [-0.2, 0) is 6.42 Å². The van der Waals surface area contributed by atoms with E-state index in [0.717, 1.165) is 43.1 Å². The van der Waals surface area contributed by atoms with Gasteiger partial charge < -0.3 is 10.3 Å². The maximum Gasteiger partial charge on any atom is 0.326 e. The third kappa shape index (κ3) is 3.80. The lowest BCUT2D eigenvalue weighted by atomic mass is 9.90. The van der Waals surface area contributed by atoms with E-state index in [0.29, 0.717) is 18.1 Å². The lowest BCUT2D eigenvalue weighted by molar-refractivity contribution is 0.277. The number of imidazole rings is 1. The van der Waals surface area contributed by atoms with Gasteiger partial charge >= 0.3 is 5.69 Å². The number of H-pyrrole nitrogens is 1. The molecule has 1 atom stereocenters. The van der Waals surface area contributed by atoms with Crippen LogP contribution in [0.25, 0.3) is 21.8 Å². The predicted octanol–water partition coefficient (Wildman–Crippen LogP) is 5.19. The smallest absolute Gasteiger partial charge is 0.311 e. The highest BCUT2D eigenvalue weighted by Gasteiger charge is 2.25. The Morgan fingerprint density at radius 1 is 0.967 bits per heavy atom. The van der Waals surface area contributed by atoms with Crippen LogP contribution in [0.15, 0.2) is 71.5 Å². The zero-order valence-corrected chi connectivity index (χ0v) is 17.5. The van der Waals surface area contributed by atoms with E-state index in [2.05, 4.69) is 59.7 Å². The molecule has 1 saturated carbocycles. The van der Waals surface area contributed by atoms with E-state index in [9.17, 15) is 4.79 Å². The van der Waals surface area contributed by atoms with E-state index in [1.54, 1.807) is 0 Å². The van der Waals surface area contributed by atoms with E-state index < -0.39 is 0 Å². The molecule has 1 unspecified atom stereocenters. The van der Waals surface area contributed by atoms with E-state index >= 15 is 0 Å². The lowest BCUT2D eigenvalue weighted by Crippen LogP contribution is -2.41. The van der Waals surface area contributed by atoms with Crippen molar-refractivity contribution in [3.63, 3.8) is 0 Å². The Morgan fingerprint density at radius 2 is 1.70 bits per heavy atom. The number of benzene rings is 3. The summed E-state index contributed by atoms with van der Waals surface area (Å²) in [6, 6.07) is 24.6. The largest absolute Gasteiger partial charge is 0.326 e. The van der Waals surface area contributed by atoms with E-state index in [4.69, 9.17) is 0 Å². The summed E-state index contributed by atoms with van der Waals surface area (Å²) < 4.78 is 1.98. The van der Waals surface area contributed by atoms with Crippen molar-refractivity contribution in [2.45, 2.75) is 57.2 Å². The Morgan fingerprint density at radius 3 is 2.53 bits per heavy atom. The summed E-state index contributed by atoms with van der Waals surface area (Å²) in [5.74, 6) is 0. The van der Waals surface area contributed by atoms with Gasteiger partial charge in [-0.2, -0.15) is 0 Å². The molecule has 30 heavy (non-hydrogen) atoms. The number of rotatable bonds is 5. The zero-order valence-electron chi connectivity index (χ0n) is 17.5. The molecule has 4 nitrogen and oxygen atoms in total. The molecule has 0 aliphatic heterocycles. The second kappa shape index (κ2) is 8.11. The average Bonchev–Trinajstić information content (AvgIpc) is 3.10. The lowest BCUT2D eigenvalue weighted by Gasteiger charge is -2.32. The molecular formula is C26H29N3O. The zero-order chi connectivity index (χ0) is 20.5. The number of hydrogen-bond acceptors (Lipinski definition) is 2. The second-order valence-electron chi connectivity index (χ2n) is 8.78. The van der Waals surface area contributed by atoms with Gasteiger partial charge in [-0.15, -0.1) is 0 Å². The molecule has 0 amide bonds. The summed E-state index contributed by atoms with van der Waals surface area (Å²) in [6.07, 6.45) is 5.34. The van der Waals surface area contributed by atoms with E-state index in [1.807, 2.05) is 28.8 Å². The molecule has 1 aliphatic rings. The molecule has 4 aromatic rings. The molecule has 1 fully saturated rings. The number of nitrogens with one attached hydrogen (secondary N) is 2. The monoisotopic (exact) mass is 399 g/mol. The van der Waals surface area contributed by atoms with Gasteiger partial charge in [0.05, 0.1) is 11.0 Å². The molecule has 154 valence electrons. The normalized spacial score (nSPS) is 20.6. The first kappa shape index (κ1) is 19.1. The minimum Gasteiger partial charge on any atom is -0.311 e. The fraction of sp³-hybridized carbons (Fsp3) is 0.346. The standard InChI is InChI=1S/C26H29N3O/c1-18(16-19-10-11-20-6-2-3-7-21(20)17-19)27-22-12-14-23(15-13-22)29-25-9-5-4-8-24(25)28-26(29)30/h2-11,17-18,22-23,27H,12-16H2,1H3,(H,28,30). The topological polar surface area (TPSA) is 49.8 Å². The summed E-state index contributed by atoms with van der Waals surface area (Å²) in [5.41, 5.74) is 3.38. The number of nitrogens with zero attached hydrogens (tertiary/aromatic N) is 1. The van der Waals surface area contributed by atoms with Crippen LogP contribution in [0.5, 0.6) is 0 Å². The Labute approximate surface area is 176 Å². The van der Waals surface area contributed by atoms with Gasteiger partial charge in [0.1, 0.15) is 0 Å². The van der Waals surface area contributed by atoms with Crippen LogP contribution in [0.4, 0.5) is 0 Å². The van der Waals surface area contributed by atoms with Crippen molar-refractivity contribution in [2.24, 2.45) is 0 Å². The van der Waals surface area contributed by atoms with Gasteiger partial charge in [-0.1, -0.05) is 54.6 Å². The highest BCUT2D eigenvalue weighted by atomic mass is 16.1. The molecular weight excluding hydrogens is 370 g/mol. The summed E-state index contributed by atoms with van der Waals surface area (Å²) in [7, 11) is 0. The van der Waals surface area contributed by atoms with Crippen LogP contribution >= 0.6 is 0 Å². The van der Waals surface area contributed by atoms with Gasteiger partial charge in [0.25, 0.3) is 0 Å². The summed E-state index contributed by atoms with van der Waals surface area (Å²) in [6.45, 7) is 2.28. The molecule has 0 saturated heterocycles. The highest BCUT2D eigenvalue weighted by molar-refractivity contribution is 5.83. The van der Waals surface area contributed by atoms with Crippen molar-refractivity contribution >= 4 is 21.8 Å². The Kier molecular flexibility index (Phi) is 5.17. The van der Waals surface area contributed by atoms with Crippen LogP contribution in [0.3, 0.4) is 0 Å². The first-order valence-electron chi connectivity index (χ1n) is 11.1. The first-order chi connectivity index (χ1) is 14.7. The predicted molar refractivity (Wildman–Crippen MR) is 124 cm³/mol. The minimum absolute atomic E-state index is 0.0253. The van der Waals surface area contributed by atoms with E-state index in [-0.39, 0.29) is 5.69 Å². The third-order valence-corrected chi connectivity index (χ3v) is 6.56. The summed E-state index contributed by atoms with van der Waals surface area (Å²) >= 11 is 0. The fourth-order valence-corrected chi connectivity index (χ4v) is 5.12. The quantitative estimate of drug-likeness (QED) is 0.485. The average molecular weight is 400 g/mol. The summed E-state index contributed by atoms with van der Waals surface area (Å²) in [5, 5.41) is 6.45. The van der Waals surface area contributed by atoms with Crippen LogP contribution in [0.2, 0.25) is 0 Å². The molecule has 1 heterocycles. The molecule has 2 N–H and O–H groups in total. The second-order valence-corrected chi connectivity index (χ2v) is 8.78. The SMILES string of the molecule is CC(Cc1ccc2ccccc2c1)NC1CCC(n2c(=O)[nH]c3ccccc32)CC1. The molecule has 4 heteroatoms. The molecule has 5 rings (SSSR count). The molecule has 1 aliphatic carbocycles. The van der Waals surface area contributed by atoms with Gasteiger partial charge in [0, 0.05) is 18.1 Å². The summed E-state index contributed by atoms with van der Waals surface area (Å²) in [4.78, 5) is 15.5. The van der Waals surface area contributed by atoms with Crippen LogP contribution in [0.1, 0.15) is 44.2 Å². The third-order valence-electron chi connectivity index (χ3n) is 6.56. The van der Waals surface area contributed by atoms with Gasteiger partial charge in [0.2, 0.25) is 0 Å². The van der Waals surface area contributed by atoms with E-state index in [1.165, 1.54) is 16.3 Å². The number of para-hydroxylation sites is 2. The van der Waals surface area contributed by atoms with Gasteiger partial charge in [0.15, 0.2) is 0 Å². The minimum atomic E-state index is 0.0253. The Hall–Kier alpha value is -2.85. The number of aromatic nitrogens is 2. The maximum absolute atomic E-state index is 12.5. The van der Waals surface area contributed by atoms with Crippen LogP contribution in [0, 0.1) is 0 Å². The maximum atomic E-state index is 12.5. The van der Waals surface area contributed by atoms with Gasteiger partial charge in [-0.05, 0) is 67.5 Å². The number of aromatic amines is 1. The molecule has 0 spiro atoms. The first-order valence-corrected chi connectivity index (χ1v) is 11.1. The van der Waals surface area contributed by atoms with Gasteiger partial charge in [-0.25, -0.2) is 4.79 Å². The van der Waals surface area contributed by atoms with Crippen molar-refractivity contribution in [3.05, 3.63) is 82.8 Å². The van der Waals surface area contributed by atoms with Crippen LogP contribution < -0.4 is 11.0 Å². The van der Waals surface area contributed by atoms with Crippen molar-refractivity contribution < 1.29 is 0 Å². The Bertz CT molecular complexity index is 1210. The number of fused-ring (bicyclic) bond motifs is 2.